The van der Waals surface area contributed by atoms with E-state index >= 15 is 0 Å². The van der Waals surface area contributed by atoms with Gasteiger partial charge in [-0.25, -0.2) is 0 Å². The van der Waals surface area contributed by atoms with Crippen molar-refractivity contribution >= 4 is 5.91 Å². The average molecular weight is 378 g/mol. The molecule has 27 heavy (non-hydrogen) atoms. The molecule has 0 aromatic rings. The van der Waals surface area contributed by atoms with Crippen molar-refractivity contribution in [1.29, 1.82) is 0 Å². The minimum Gasteiger partial charge on any atom is -0.394 e. The molecule has 0 unspecified atom stereocenters. The molecule has 0 aromatic carbocycles. The maximum Gasteiger partial charge on any atom is 0.220 e. The van der Waals surface area contributed by atoms with E-state index in [1.807, 2.05) is 0 Å². The molecule has 0 bridgehead atoms. The molecule has 1 amide bonds. The molecule has 154 valence electrons. The van der Waals surface area contributed by atoms with E-state index in [9.17, 15) is 4.79 Å². The molecule has 0 aromatic heterocycles. The highest BCUT2D eigenvalue weighted by atomic mass is 16.3. The number of hydrogen-bond acceptors (Lipinski definition) is 3. The fraction of sp³-hybridized carbons (Fsp3) is 0.609. The average Bonchev–Trinajstić information content (AvgIpc) is 2.68. The Bertz CT molecular complexity index is 449. The summed E-state index contributed by atoms with van der Waals surface area (Å²) in [7, 11) is 0. The molecule has 0 radical (unpaired) electrons. The van der Waals surface area contributed by atoms with E-state index in [4.69, 9.17) is 10.2 Å². The third-order valence-electron chi connectivity index (χ3n) is 4.04. The molecule has 0 saturated heterocycles. The lowest BCUT2D eigenvalue weighted by atomic mass is 10.2. The van der Waals surface area contributed by atoms with Gasteiger partial charge in [-0.3, -0.25) is 4.79 Å². The quantitative estimate of drug-likeness (QED) is 0.256. The Hall–Kier alpha value is -1.65. The van der Waals surface area contributed by atoms with Crippen LogP contribution in [0.3, 0.4) is 0 Å². The van der Waals surface area contributed by atoms with Gasteiger partial charge < -0.3 is 15.5 Å². The van der Waals surface area contributed by atoms with Gasteiger partial charge in [-0.05, 0) is 44.9 Å². The molecule has 4 heteroatoms. The van der Waals surface area contributed by atoms with Gasteiger partial charge in [0.15, 0.2) is 0 Å². The Morgan fingerprint density at radius 2 is 1.26 bits per heavy atom. The van der Waals surface area contributed by atoms with Crippen molar-refractivity contribution in [1.82, 2.24) is 5.32 Å². The van der Waals surface area contributed by atoms with Crippen molar-refractivity contribution in [3.05, 3.63) is 48.6 Å². The lowest BCUT2D eigenvalue weighted by Gasteiger charge is -2.12. The maximum absolute atomic E-state index is 11.6. The first-order chi connectivity index (χ1) is 13.2. The van der Waals surface area contributed by atoms with Crippen LogP contribution < -0.4 is 5.32 Å². The van der Waals surface area contributed by atoms with Gasteiger partial charge in [-0.1, -0.05) is 68.4 Å². The number of nitrogens with one attached hydrogen (secondary N) is 1. The first-order valence-electron chi connectivity index (χ1n) is 10.4. The van der Waals surface area contributed by atoms with Crippen LogP contribution in [0.2, 0.25) is 0 Å². The molecule has 0 fully saturated rings. The van der Waals surface area contributed by atoms with Gasteiger partial charge in [-0.2, -0.15) is 0 Å². The van der Waals surface area contributed by atoms with Gasteiger partial charge in [0.1, 0.15) is 0 Å². The monoisotopic (exact) mass is 377 g/mol. The summed E-state index contributed by atoms with van der Waals surface area (Å²) >= 11 is 0. The Balaban J connectivity index is 3.55. The van der Waals surface area contributed by atoms with E-state index in [0.717, 1.165) is 32.1 Å². The summed E-state index contributed by atoms with van der Waals surface area (Å²) in [5.41, 5.74) is 0. The number of rotatable bonds is 17. The van der Waals surface area contributed by atoms with Crippen LogP contribution in [-0.2, 0) is 4.79 Å². The van der Waals surface area contributed by atoms with Crippen LogP contribution in [0.25, 0.3) is 0 Å². The number of carbonyl (C=O) groups excluding carboxylic acids is 1. The third kappa shape index (κ3) is 18.9. The normalized spacial score (nSPS) is 12.4. The third-order valence-corrected chi connectivity index (χ3v) is 4.04. The first-order valence-corrected chi connectivity index (χ1v) is 10.4. The van der Waals surface area contributed by atoms with Gasteiger partial charge >= 0.3 is 0 Å². The highest BCUT2D eigenvalue weighted by Gasteiger charge is 2.08. The number of hydrogen-bond donors (Lipinski definition) is 3. The summed E-state index contributed by atoms with van der Waals surface area (Å²) in [5, 5.41) is 20.4. The second kappa shape index (κ2) is 20.7. The Kier molecular flexibility index (Phi) is 19.4. The summed E-state index contributed by atoms with van der Waals surface area (Å²) in [6.45, 7) is 1.76. The highest BCUT2D eigenvalue weighted by Crippen LogP contribution is 2.01. The smallest absolute Gasteiger partial charge is 0.220 e. The molecular weight excluding hydrogens is 338 g/mol. The maximum atomic E-state index is 11.6. The van der Waals surface area contributed by atoms with Crippen LogP contribution in [0.1, 0.15) is 71.1 Å². The van der Waals surface area contributed by atoms with Crippen LogP contribution in [0, 0.1) is 0 Å². The first kappa shape index (κ1) is 25.4. The van der Waals surface area contributed by atoms with E-state index in [2.05, 4.69) is 60.8 Å². The molecule has 4 nitrogen and oxygen atoms in total. The highest BCUT2D eigenvalue weighted by molar-refractivity contribution is 5.76. The number of allylic oxidation sites excluding steroid dienone is 8. The molecule has 3 N–H and O–H groups in total. The summed E-state index contributed by atoms with van der Waals surface area (Å²) in [5.74, 6) is -0.126. The largest absolute Gasteiger partial charge is 0.394 e. The van der Waals surface area contributed by atoms with Gasteiger partial charge in [0.2, 0.25) is 5.91 Å². The predicted molar refractivity (Wildman–Crippen MR) is 115 cm³/mol. The molecule has 0 heterocycles. The summed E-state index contributed by atoms with van der Waals surface area (Å²) in [6.07, 6.45) is 27.5. The second-order valence-electron chi connectivity index (χ2n) is 6.61. The van der Waals surface area contributed by atoms with Gasteiger partial charge in [0.25, 0.3) is 0 Å². The van der Waals surface area contributed by atoms with E-state index in [-0.39, 0.29) is 19.1 Å². The molecule has 0 spiro atoms. The molecule has 0 aliphatic rings. The van der Waals surface area contributed by atoms with Gasteiger partial charge in [0, 0.05) is 6.42 Å². The van der Waals surface area contributed by atoms with Crippen LogP contribution in [0.4, 0.5) is 0 Å². The minimum atomic E-state index is -0.547. The van der Waals surface area contributed by atoms with Crippen LogP contribution in [0.15, 0.2) is 48.6 Å². The summed E-state index contributed by atoms with van der Waals surface area (Å²) in [4.78, 5) is 11.6. The molecule has 0 aliphatic heterocycles. The van der Waals surface area contributed by atoms with Crippen molar-refractivity contribution in [3.8, 4) is 0 Å². The van der Waals surface area contributed by atoms with Gasteiger partial charge in [0.05, 0.1) is 19.3 Å². The van der Waals surface area contributed by atoms with Crippen LogP contribution >= 0.6 is 0 Å². The topological polar surface area (TPSA) is 69.6 Å². The zero-order chi connectivity index (χ0) is 20.0. The number of amides is 1. The molecule has 0 saturated carbocycles. The van der Waals surface area contributed by atoms with E-state index in [1.165, 1.54) is 25.7 Å². The fourth-order valence-corrected chi connectivity index (χ4v) is 2.39. The second-order valence-corrected chi connectivity index (χ2v) is 6.61. The summed E-state index contributed by atoms with van der Waals surface area (Å²) in [6, 6.07) is -0.547. The van der Waals surface area contributed by atoms with E-state index in [1.54, 1.807) is 0 Å². The predicted octanol–water partition coefficient (Wildman–Crippen LogP) is 4.60. The zero-order valence-corrected chi connectivity index (χ0v) is 17.0. The van der Waals surface area contributed by atoms with Crippen molar-refractivity contribution in [3.63, 3.8) is 0 Å². The van der Waals surface area contributed by atoms with Crippen molar-refractivity contribution in [2.24, 2.45) is 0 Å². The summed E-state index contributed by atoms with van der Waals surface area (Å²) < 4.78 is 0. The van der Waals surface area contributed by atoms with Gasteiger partial charge in [-0.15, -0.1) is 0 Å². The molecule has 0 aliphatic carbocycles. The Morgan fingerprint density at radius 1 is 0.778 bits per heavy atom. The minimum absolute atomic E-state index is 0.126. The molecule has 0 rings (SSSR count). The molecular formula is C23H39NO3. The standard InChI is InChI=1S/C23H39NO3/c1-2-3-4-5-6-7-8-9-10-11-12-13-14-15-16-17-18-19-23(27)24-22(20-25)21-26/h6-7,9-10,12-13,15-16,22,25-26H,2-5,8,11,14,17-21H2,1H3,(H,24,27)/b7-6+,10-9+,13-12-,16-15+. The number of unbranched alkanes of at least 4 members (excludes halogenated alkanes) is 4. The molecule has 0 atom stereocenters. The fourth-order valence-electron chi connectivity index (χ4n) is 2.39. The van der Waals surface area contributed by atoms with E-state index < -0.39 is 6.04 Å². The van der Waals surface area contributed by atoms with E-state index in [0.29, 0.717) is 6.42 Å². The number of aliphatic hydroxyl groups is 2. The van der Waals surface area contributed by atoms with Crippen LogP contribution in [0.5, 0.6) is 0 Å². The number of aliphatic hydroxyl groups excluding tert-OH is 2. The van der Waals surface area contributed by atoms with Crippen molar-refractivity contribution < 1.29 is 15.0 Å². The number of carbonyl (C=O) groups is 1. The lowest BCUT2D eigenvalue weighted by molar-refractivity contribution is -0.122. The SMILES string of the molecule is CCCCC/C=C/C/C=C/C/C=C\C/C=C/CCCC(=O)NC(CO)CO. The Morgan fingerprint density at radius 3 is 1.74 bits per heavy atom. The van der Waals surface area contributed by atoms with Crippen molar-refractivity contribution in [2.45, 2.75) is 77.2 Å². The van der Waals surface area contributed by atoms with Crippen molar-refractivity contribution in [2.75, 3.05) is 13.2 Å². The Labute approximate surface area is 165 Å². The zero-order valence-electron chi connectivity index (χ0n) is 17.0. The lowest BCUT2D eigenvalue weighted by Crippen LogP contribution is -2.39. The van der Waals surface area contributed by atoms with Crippen LogP contribution in [-0.4, -0.2) is 35.4 Å².